The Hall–Kier alpha value is -2.54. The topological polar surface area (TPSA) is 9.23 Å². The van der Waals surface area contributed by atoms with E-state index in [9.17, 15) is 0 Å². The van der Waals surface area contributed by atoms with Crippen LogP contribution in [-0.4, -0.2) is 7.11 Å². The van der Waals surface area contributed by atoms with Gasteiger partial charge in [-0.1, -0.05) is 66.7 Å². The van der Waals surface area contributed by atoms with Gasteiger partial charge < -0.3 is 4.74 Å². The summed E-state index contributed by atoms with van der Waals surface area (Å²) in [6.07, 6.45) is 2.38. The summed E-state index contributed by atoms with van der Waals surface area (Å²) < 4.78 is 5.30. The first-order valence-electron chi connectivity index (χ1n) is 8.64. The van der Waals surface area contributed by atoms with Crippen LogP contribution in [0.5, 0.6) is 5.75 Å². The van der Waals surface area contributed by atoms with Crippen molar-refractivity contribution in [1.82, 2.24) is 0 Å². The molecule has 1 aliphatic carbocycles. The molecule has 1 heteroatoms. The lowest BCUT2D eigenvalue weighted by molar-refractivity contribution is 0.414. The maximum Gasteiger partial charge on any atom is 0.118 e. The summed E-state index contributed by atoms with van der Waals surface area (Å²) in [5, 5.41) is 0. The van der Waals surface area contributed by atoms with E-state index in [2.05, 4.69) is 78.9 Å². The quantitative estimate of drug-likeness (QED) is 0.598. The maximum absolute atomic E-state index is 5.30. The number of hydrogen-bond donors (Lipinski definition) is 0. The summed E-state index contributed by atoms with van der Waals surface area (Å²) in [5.74, 6) is 1.91. The van der Waals surface area contributed by atoms with E-state index >= 15 is 0 Å². The highest BCUT2D eigenvalue weighted by Gasteiger charge is 2.28. The van der Waals surface area contributed by atoms with Gasteiger partial charge in [-0.15, -0.1) is 0 Å². The molecule has 0 saturated carbocycles. The molecular formula is C23H22O. The molecule has 1 aliphatic rings. The van der Waals surface area contributed by atoms with Crippen molar-refractivity contribution in [2.75, 3.05) is 7.11 Å². The van der Waals surface area contributed by atoms with Gasteiger partial charge in [0.1, 0.15) is 5.75 Å². The van der Waals surface area contributed by atoms with Gasteiger partial charge in [-0.05, 0) is 47.2 Å². The highest BCUT2D eigenvalue weighted by molar-refractivity contribution is 5.46. The molecule has 1 nitrogen and oxygen atoms in total. The van der Waals surface area contributed by atoms with Crippen LogP contribution in [0.1, 0.15) is 46.9 Å². The number of fused-ring (bicyclic) bond motifs is 1. The lowest BCUT2D eigenvalue weighted by Crippen LogP contribution is -2.16. The molecule has 3 aromatic rings. The summed E-state index contributed by atoms with van der Waals surface area (Å²) in [6.45, 7) is 0. The fraction of sp³-hybridized carbons (Fsp3) is 0.217. The highest BCUT2D eigenvalue weighted by atomic mass is 16.5. The van der Waals surface area contributed by atoms with Gasteiger partial charge in [0.15, 0.2) is 0 Å². The molecule has 0 aromatic heterocycles. The van der Waals surface area contributed by atoms with Gasteiger partial charge >= 0.3 is 0 Å². The minimum Gasteiger partial charge on any atom is -0.497 e. The molecule has 0 heterocycles. The fourth-order valence-corrected chi connectivity index (χ4v) is 4.00. The molecule has 0 unspecified atom stereocenters. The molecule has 0 saturated heterocycles. The Morgan fingerprint density at radius 3 is 1.67 bits per heavy atom. The van der Waals surface area contributed by atoms with Crippen molar-refractivity contribution in [2.24, 2.45) is 0 Å². The summed E-state index contributed by atoms with van der Waals surface area (Å²) in [4.78, 5) is 0. The number of methoxy groups -OCH3 is 1. The SMILES string of the molecule is COc1ccc([C@@H]2CC[C@@H](c3ccccc3)c3ccccc32)cc1. The van der Waals surface area contributed by atoms with Crippen LogP contribution in [0.4, 0.5) is 0 Å². The zero-order chi connectivity index (χ0) is 16.4. The van der Waals surface area contributed by atoms with Crippen LogP contribution < -0.4 is 4.74 Å². The van der Waals surface area contributed by atoms with E-state index < -0.39 is 0 Å². The Labute approximate surface area is 143 Å². The molecule has 120 valence electrons. The lowest BCUT2D eigenvalue weighted by atomic mass is 9.72. The normalized spacial score (nSPS) is 19.5. The van der Waals surface area contributed by atoms with Crippen LogP contribution in [0, 0.1) is 0 Å². The third-order valence-electron chi connectivity index (χ3n) is 5.21. The molecular weight excluding hydrogens is 292 g/mol. The van der Waals surface area contributed by atoms with Crippen molar-refractivity contribution in [3.05, 3.63) is 101 Å². The predicted octanol–water partition coefficient (Wildman–Crippen LogP) is 5.75. The van der Waals surface area contributed by atoms with Crippen molar-refractivity contribution in [2.45, 2.75) is 24.7 Å². The van der Waals surface area contributed by atoms with E-state index in [4.69, 9.17) is 4.74 Å². The van der Waals surface area contributed by atoms with Crippen LogP contribution >= 0.6 is 0 Å². The van der Waals surface area contributed by atoms with Crippen LogP contribution in [0.3, 0.4) is 0 Å². The second-order valence-corrected chi connectivity index (χ2v) is 6.50. The number of rotatable bonds is 3. The van der Waals surface area contributed by atoms with Gasteiger partial charge in [0.05, 0.1) is 7.11 Å². The second kappa shape index (κ2) is 6.52. The summed E-state index contributed by atoms with van der Waals surface area (Å²) in [5.41, 5.74) is 5.77. The zero-order valence-corrected chi connectivity index (χ0v) is 14.0. The summed E-state index contributed by atoms with van der Waals surface area (Å²) >= 11 is 0. The van der Waals surface area contributed by atoms with Crippen molar-refractivity contribution in [1.29, 1.82) is 0 Å². The Morgan fingerprint density at radius 1 is 0.625 bits per heavy atom. The van der Waals surface area contributed by atoms with Crippen molar-refractivity contribution in [3.63, 3.8) is 0 Å². The second-order valence-electron chi connectivity index (χ2n) is 6.50. The summed E-state index contributed by atoms with van der Waals surface area (Å²) in [7, 11) is 1.72. The Kier molecular flexibility index (Phi) is 4.08. The highest BCUT2D eigenvalue weighted by Crippen LogP contribution is 2.44. The molecule has 3 aromatic carbocycles. The van der Waals surface area contributed by atoms with Gasteiger partial charge in [-0.3, -0.25) is 0 Å². The molecule has 0 N–H and O–H groups in total. The average molecular weight is 314 g/mol. The van der Waals surface area contributed by atoms with Gasteiger partial charge in [-0.25, -0.2) is 0 Å². The first kappa shape index (κ1) is 15.0. The smallest absolute Gasteiger partial charge is 0.118 e. The minimum absolute atomic E-state index is 0.479. The first-order valence-corrected chi connectivity index (χ1v) is 8.64. The summed E-state index contributed by atoms with van der Waals surface area (Å²) in [6, 6.07) is 28.4. The average Bonchev–Trinajstić information content (AvgIpc) is 2.68. The zero-order valence-electron chi connectivity index (χ0n) is 14.0. The Bertz CT molecular complexity index is 805. The molecule has 4 rings (SSSR count). The number of ether oxygens (including phenoxy) is 1. The van der Waals surface area contributed by atoms with Crippen molar-refractivity contribution in [3.8, 4) is 5.75 Å². The standard InChI is InChI=1S/C23H22O/c1-24-19-13-11-18(12-14-19)21-16-15-20(17-7-3-2-4-8-17)22-9-5-6-10-23(21)22/h2-14,20-21H,15-16H2,1H3/t20-,21-/m0/s1. The van der Waals surface area contributed by atoms with E-state index in [1.165, 1.54) is 35.1 Å². The predicted molar refractivity (Wildman–Crippen MR) is 98.8 cm³/mol. The molecule has 0 amide bonds. The maximum atomic E-state index is 5.30. The third-order valence-corrected chi connectivity index (χ3v) is 5.21. The van der Waals surface area contributed by atoms with Crippen LogP contribution in [0.25, 0.3) is 0 Å². The lowest BCUT2D eigenvalue weighted by Gasteiger charge is -2.32. The van der Waals surface area contributed by atoms with E-state index in [-0.39, 0.29) is 0 Å². The monoisotopic (exact) mass is 314 g/mol. The van der Waals surface area contributed by atoms with Crippen LogP contribution in [0.2, 0.25) is 0 Å². The molecule has 0 spiro atoms. The molecule has 0 radical (unpaired) electrons. The van der Waals surface area contributed by atoms with Gasteiger partial charge in [0.25, 0.3) is 0 Å². The van der Waals surface area contributed by atoms with Crippen molar-refractivity contribution < 1.29 is 4.74 Å². The van der Waals surface area contributed by atoms with Crippen LogP contribution in [0.15, 0.2) is 78.9 Å². The van der Waals surface area contributed by atoms with E-state index in [0.717, 1.165) is 5.75 Å². The van der Waals surface area contributed by atoms with E-state index in [1.807, 2.05) is 0 Å². The Morgan fingerprint density at radius 2 is 1.12 bits per heavy atom. The van der Waals surface area contributed by atoms with Crippen molar-refractivity contribution >= 4 is 0 Å². The molecule has 2 atom stereocenters. The number of benzene rings is 3. The van der Waals surface area contributed by atoms with Gasteiger partial charge in [0.2, 0.25) is 0 Å². The molecule has 0 bridgehead atoms. The van der Waals surface area contributed by atoms with Gasteiger partial charge in [0, 0.05) is 11.8 Å². The fourth-order valence-electron chi connectivity index (χ4n) is 4.00. The van der Waals surface area contributed by atoms with E-state index in [0.29, 0.717) is 11.8 Å². The third kappa shape index (κ3) is 2.71. The number of hydrogen-bond acceptors (Lipinski definition) is 1. The van der Waals surface area contributed by atoms with Crippen LogP contribution in [-0.2, 0) is 0 Å². The Balaban J connectivity index is 1.73. The first-order chi connectivity index (χ1) is 11.9. The molecule has 0 aliphatic heterocycles. The molecule has 24 heavy (non-hydrogen) atoms. The molecule has 0 fully saturated rings. The largest absolute Gasteiger partial charge is 0.497 e. The minimum atomic E-state index is 0.479. The van der Waals surface area contributed by atoms with E-state index in [1.54, 1.807) is 7.11 Å². The van der Waals surface area contributed by atoms with Gasteiger partial charge in [-0.2, -0.15) is 0 Å².